The van der Waals surface area contributed by atoms with Crippen molar-refractivity contribution in [3.8, 4) is 0 Å². The number of hydrogen-bond donors (Lipinski definition) is 23. The molecular weight excluding hydrogens is 1140 g/mol. The summed E-state index contributed by atoms with van der Waals surface area (Å²) in [7, 11) is 0. The molecule has 0 radical (unpaired) electrons. The van der Waals surface area contributed by atoms with Crippen molar-refractivity contribution in [2.45, 2.75) is 215 Å². The number of nitrogens with two attached hydrogens (primary N) is 3. The summed E-state index contributed by atoms with van der Waals surface area (Å²) in [5, 5.41) is 222. The van der Waals surface area contributed by atoms with Crippen molar-refractivity contribution < 1.29 is 168 Å². The van der Waals surface area contributed by atoms with Crippen LogP contribution in [0, 0.1) is 0 Å². The Bertz CT molecular complexity index is 2100. The van der Waals surface area contributed by atoms with E-state index in [0.717, 1.165) is 0 Å². The average Bonchev–Trinajstić information content (AvgIpc) is 2.70. The standard InChI is InChI=1S/C44H75N5O34/c45-43(46)49-44(47)48-1-8-29-15(56)22(63)36(70-8)78-30-9(2-50)72-38(24(65)17(30)58)80-32-11(4-52)74-40(26(67)19(32)60)82-34-13(6-54)76-42(28(69)21(34)62)83-35-14(7-55)75-41(27(68)20(35)61)81-33-12(5-53)73-39(25(66)18(33)59)79-31-10(3-51)71-37(77-29)23(64)16(31)57/h8-42,50-69H,1-7H2,(H6,45,46,47,48,49)/t8-,9-,10-,11-,12-,13-,14-,15-,16-,17-,18-,19-,20-,21-,22-,23-,24-,25-,26-,27-,28-,29-,30-,31-,32-,33-,34-,35-,36-,37-,38-,39-,40-,41-,42-/m1/s1. The summed E-state index contributed by atoms with van der Waals surface area (Å²) in [6, 6.07) is 0. The van der Waals surface area contributed by atoms with Crippen molar-refractivity contribution in [2.75, 3.05) is 46.2 Å². The molecule has 26 N–H and O–H groups in total. The lowest BCUT2D eigenvalue weighted by atomic mass is 9.95. The van der Waals surface area contributed by atoms with Crippen molar-refractivity contribution in [3.05, 3.63) is 0 Å². The number of ether oxygens (including phenoxy) is 14. The van der Waals surface area contributed by atoms with Crippen LogP contribution in [0.25, 0.3) is 0 Å². The number of aliphatic hydroxyl groups is 20. The Hall–Kier alpha value is -2.62. The summed E-state index contributed by atoms with van der Waals surface area (Å²) in [5.74, 6) is -1.14. The SMILES string of the molecule is NC(N)=NC(N)=NC[C@H]1O[C@@H]2O[C@H]3[C@H](O)[C@@H](O)[C@@H](O[C@H]4[C@H](O)[C@@H](O)[C@@H](O[C@H]5[C@H](O)[C@@H](O)[C@@H](O[C@H]6[C@H](O)[C@@H](O)[C@@H](O[C@H]7[C@H](O)[C@@H](O)[C@@H](O[C@H]8[C@H](O)[C@@H](O)[C@@H](O[C@H]1[C@H](O)[C@H]2O)O[C@@H]8CO)O[C@@H]7CO)O[C@@H]6CO)O[C@@H]5CO)O[C@@H]4CO)O[C@@H]3CO. The Morgan fingerprint density at radius 1 is 0.253 bits per heavy atom. The molecule has 0 aromatic carbocycles. The van der Waals surface area contributed by atoms with E-state index in [-0.39, 0.29) is 0 Å². The minimum atomic E-state index is -2.26. The van der Waals surface area contributed by atoms with Gasteiger partial charge in [-0.2, -0.15) is 4.99 Å². The van der Waals surface area contributed by atoms with E-state index in [0.29, 0.717) is 0 Å². The third kappa shape index (κ3) is 13.7. The van der Waals surface area contributed by atoms with E-state index >= 15 is 0 Å². The summed E-state index contributed by atoms with van der Waals surface area (Å²) < 4.78 is 80.5. The van der Waals surface area contributed by atoms with Crippen LogP contribution in [0.3, 0.4) is 0 Å². The van der Waals surface area contributed by atoms with Gasteiger partial charge in [-0.25, -0.2) is 4.99 Å². The summed E-state index contributed by atoms with van der Waals surface area (Å²) in [6.45, 7) is -7.10. The smallest absolute Gasteiger partial charge is 0.218 e. The molecule has 39 heteroatoms. The van der Waals surface area contributed by atoms with Gasteiger partial charge in [0.1, 0.15) is 171 Å². The third-order valence-corrected chi connectivity index (χ3v) is 15.3. The number of hydrogen-bond acceptors (Lipinski definition) is 35. The molecule has 21 heterocycles. The molecular formula is C44H75N5O34. The van der Waals surface area contributed by atoms with Gasteiger partial charge in [-0.3, -0.25) is 0 Å². The fourth-order valence-electron chi connectivity index (χ4n) is 10.8. The maximum Gasteiger partial charge on any atom is 0.218 e. The molecule has 83 heavy (non-hydrogen) atoms. The molecule has 0 amide bonds. The van der Waals surface area contributed by atoms with Crippen LogP contribution in [0.4, 0.5) is 0 Å². The summed E-state index contributed by atoms with van der Waals surface area (Å²) in [4.78, 5) is 7.54. The normalized spacial score (nSPS) is 52.3. The van der Waals surface area contributed by atoms with E-state index in [2.05, 4.69) is 9.98 Å². The van der Waals surface area contributed by atoms with Gasteiger partial charge in [-0.05, 0) is 0 Å². The molecule has 0 spiro atoms. The molecule has 0 aromatic heterocycles. The minimum Gasteiger partial charge on any atom is -0.394 e. The van der Waals surface area contributed by atoms with Gasteiger partial charge in [0.05, 0.1) is 46.2 Å². The molecule has 21 saturated heterocycles. The lowest BCUT2D eigenvalue weighted by Gasteiger charge is -2.50. The zero-order valence-electron chi connectivity index (χ0n) is 43.4. The van der Waals surface area contributed by atoms with E-state index in [1.165, 1.54) is 0 Å². The van der Waals surface area contributed by atoms with Crippen LogP contribution in [0.2, 0.25) is 0 Å². The summed E-state index contributed by atoms with van der Waals surface area (Å²) >= 11 is 0. The first-order chi connectivity index (χ1) is 39.4. The fraction of sp³-hybridized carbons (Fsp3) is 0.955. The van der Waals surface area contributed by atoms with Crippen molar-refractivity contribution in [1.82, 2.24) is 0 Å². The molecule has 0 saturated carbocycles. The molecule has 0 unspecified atom stereocenters. The van der Waals surface area contributed by atoms with Gasteiger partial charge < -0.3 is 186 Å². The molecule has 0 aliphatic carbocycles. The first kappa shape index (κ1) is 66.3. The number of aliphatic imine (C=N–C) groups is 2. The van der Waals surface area contributed by atoms with E-state index in [4.69, 9.17) is 83.5 Å². The van der Waals surface area contributed by atoms with E-state index in [1.807, 2.05) is 0 Å². The number of rotatable bonds is 8. The summed E-state index contributed by atoms with van der Waals surface area (Å²) in [6.07, 6.45) is -71.2. The molecule has 21 aliphatic rings. The highest BCUT2D eigenvalue weighted by molar-refractivity contribution is 5.92. The minimum absolute atomic E-state index is 0.558. The second-order valence-electron chi connectivity index (χ2n) is 20.7. The largest absolute Gasteiger partial charge is 0.394 e. The van der Waals surface area contributed by atoms with Crippen LogP contribution >= 0.6 is 0 Å². The van der Waals surface area contributed by atoms with Crippen LogP contribution in [-0.2, 0) is 66.3 Å². The topological polar surface area (TPSA) is 637 Å². The van der Waals surface area contributed by atoms with Crippen LogP contribution in [0.5, 0.6) is 0 Å². The second-order valence-corrected chi connectivity index (χ2v) is 20.7. The quantitative estimate of drug-likeness (QED) is 0.0793. The molecule has 14 bridgehead atoms. The van der Waals surface area contributed by atoms with E-state index in [1.54, 1.807) is 0 Å². The number of nitrogens with zero attached hydrogens (tertiary/aromatic N) is 2. The zero-order chi connectivity index (χ0) is 60.6. The van der Waals surface area contributed by atoms with Crippen molar-refractivity contribution in [1.29, 1.82) is 0 Å². The maximum atomic E-state index is 11.7. The molecule has 0 aromatic rings. The number of guanidine groups is 2. The highest BCUT2D eigenvalue weighted by atomic mass is 16.8. The van der Waals surface area contributed by atoms with Gasteiger partial charge in [-0.15, -0.1) is 0 Å². The Morgan fingerprint density at radius 3 is 0.590 bits per heavy atom. The van der Waals surface area contributed by atoms with Crippen LogP contribution in [0.1, 0.15) is 0 Å². The molecule has 21 aliphatic heterocycles. The Kier molecular flexibility index (Phi) is 22.6. The molecule has 35 atom stereocenters. The second kappa shape index (κ2) is 28.3. The van der Waals surface area contributed by atoms with Crippen LogP contribution < -0.4 is 17.2 Å². The Morgan fingerprint density at radius 2 is 0.422 bits per heavy atom. The predicted molar refractivity (Wildman–Crippen MR) is 254 cm³/mol. The first-order valence-corrected chi connectivity index (χ1v) is 26.2. The molecule has 21 rings (SSSR count). The fourth-order valence-corrected chi connectivity index (χ4v) is 10.8. The van der Waals surface area contributed by atoms with Crippen LogP contribution in [0.15, 0.2) is 9.98 Å². The third-order valence-electron chi connectivity index (χ3n) is 15.3. The highest BCUT2D eigenvalue weighted by Crippen LogP contribution is 2.39. The lowest BCUT2D eigenvalue weighted by molar-refractivity contribution is -0.396. The zero-order valence-corrected chi connectivity index (χ0v) is 43.4. The summed E-state index contributed by atoms with van der Waals surface area (Å²) in [5.41, 5.74) is 16.6. The maximum absolute atomic E-state index is 11.7. The van der Waals surface area contributed by atoms with Gasteiger partial charge in [0.2, 0.25) is 5.96 Å². The van der Waals surface area contributed by atoms with Crippen molar-refractivity contribution in [3.63, 3.8) is 0 Å². The number of aliphatic hydroxyl groups excluding tert-OH is 20. The Balaban J connectivity index is 1.11. The monoisotopic (exact) mass is 1220 g/mol. The molecule has 21 fully saturated rings. The van der Waals surface area contributed by atoms with Gasteiger partial charge in [0.25, 0.3) is 0 Å². The molecule has 480 valence electrons. The Labute approximate surface area is 468 Å². The average molecular weight is 1220 g/mol. The van der Waals surface area contributed by atoms with Gasteiger partial charge in [-0.1, -0.05) is 0 Å². The van der Waals surface area contributed by atoms with Gasteiger partial charge >= 0.3 is 0 Å². The predicted octanol–water partition coefficient (Wildman–Crippen LogP) is -16.6. The van der Waals surface area contributed by atoms with Crippen molar-refractivity contribution in [2.24, 2.45) is 27.2 Å². The van der Waals surface area contributed by atoms with Gasteiger partial charge in [0.15, 0.2) is 50.0 Å². The lowest BCUT2D eigenvalue weighted by Crippen LogP contribution is -2.68. The highest BCUT2D eigenvalue weighted by Gasteiger charge is 2.59. The van der Waals surface area contributed by atoms with Gasteiger partial charge in [0, 0.05) is 0 Å². The molecule has 39 nitrogen and oxygen atoms in total. The van der Waals surface area contributed by atoms with Crippen LogP contribution in [-0.4, -0.2) is 375 Å². The first-order valence-electron chi connectivity index (χ1n) is 26.2. The van der Waals surface area contributed by atoms with Crippen molar-refractivity contribution >= 4 is 11.9 Å². The van der Waals surface area contributed by atoms with E-state index in [9.17, 15) is 102 Å². The van der Waals surface area contributed by atoms with E-state index < -0.39 is 273 Å².